The molecule has 0 radical (unpaired) electrons. The molecular formula is C18H20ClNO. The van der Waals surface area contributed by atoms with Crippen LogP contribution in [0.25, 0.3) is 0 Å². The number of hydrogen-bond donors (Lipinski definition) is 1. The van der Waals surface area contributed by atoms with Crippen molar-refractivity contribution in [1.29, 1.82) is 0 Å². The number of halogens is 1. The molecule has 0 unspecified atom stereocenters. The highest BCUT2D eigenvalue weighted by Gasteiger charge is 2.04. The number of nitrogens with one attached hydrogen (secondary N) is 1. The minimum absolute atomic E-state index is 0.00773. The fourth-order valence-electron chi connectivity index (χ4n) is 2.17. The highest BCUT2D eigenvalue weighted by Crippen LogP contribution is 2.13. The molecule has 2 nitrogen and oxygen atoms in total. The van der Waals surface area contributed by atoms with Crippen molar-refractivity contribution in [3.8, 4) is 0 Å². The van der Waals surface area contributed by atoms with Gasteiger partial charge in [-0.3, -0.25) is 4.79 Å². The summed E-state index contributed by atoms with van der Waals surface area (Å²) in [5, 5.41) is 2.95. The monoisotopic (exact) mass is 301 g/mol. The average molecular weight is 302 g/mol. The number of carbonyl (C=O) groups is 1. The Morgan fingerprint density at radius 1 is 1.10 bits per heavy atom. The molecule has 3 heteroatoms. The summed E-state index contributed by atoms with van der Waals surface area (Å²) < 4.78 is 0. The van der Waals surface area contributed by atoms with Crippen LogP contribution in [0.2, 0.25) is 0 Å². The van der Waals surface area contributed by atoms with E-state index in [2.05, 4.69) is 11.4 Å². The normalized spacial score (nSPS) is 10.4. The van der Waals surface area contributed by atoms with Crippen LogP contribution in [0.15, 0.2) is 48.5 Å². The van der Waals surface area contributed by atoms with E-state index in [1.807, 2.05) is 49.4 Å². The van der Waals surface area contributed by atoms with E-state index in [0.29, 0.717) is 12.3 Å². The predicted octanol–water partition coefficient (Wildman–Crippen LogP) is 4.35. The third-order valence-corrected chi connectivity index (χ3v) is 3.56. The van der Waals surface area contributed by atoms with Crippen molar-refractivity contribution in [2.45, 2.75) is 26.2 Å². The SMILES string of the molecule is Cc1ccc(CC(=O)Nc2cccc(CCCCl)c2)cc1. The molecule has 2 rings (SSSR count). The Hall–Kier alpha value is -1.80. The first-order valence-corrected chi connectivity index (χ1v) is 7.71. The van der Waals surface area contributed by atoms with E-state index in [1.54, 1.807) is 0 Å². The summed E-state index contributed by atoms with van der Waals surface area (Å²) in [7, 11) is 0. The van der Waals surface area contributed by atoms with Gasteiger partial charge in [-0.15, -0.1) is 11.6 Å². The summed E-state index contributed by atoms with van der Waals surface area (Å²) in [6.45, 7) is 2.04. The highest BCUT2D eigenvalue weighted by molar-refractivity contribution is 6.17. The van der Waals surface area contributed by atoms with Gasteiger partial charge in [-0.1, -0.05) is 42.0 Å². The Morgan fingerprint density at radius 3 is 2.57 bits per heavy atom. The molecule has 1 N–H and O–H groups in total. The molecule has 21 heavy (non-hydrogen) atoms. The van der Waals surface area contributed by atoms with E-state index >= 15 is 0 Å². The van der Waals surface area contributed by atoms with Gasteiger partial charge in [0.25, 0.3) is 0 Å². The summed E-state index contributed by atoms with van der Waals surface area (Å²) in [4.78, 5) is 12.1. The first kappa shape index (κ1) is 15.6. The lowest BCUT2D eigenvalue weighted by molar-refractivity contribution is -0.115. The summed E-state index contributed by atoms with van der Waals surface area (Å²) in [5.74, 6) is 0.664. The molecule has 0 fully saturated rings. The fourth-order valence-corrected chi connectivity index (χ4v) is 2.31. The van der Waals surface area contributed by atoms with Gasteiger partial charge in [-0.2, -0.15) is 0 Å². The lowest BCUT2D eigenvalue weighted by atomic mass is 10.1. The number of hydrogen-bond acceptors (Lipinski definition) is 1. The van der Waals surface area contributed by atoms with Crippen LogP contribution in [0.1, 0.15) is 23.1 Å². The quantitative estimate of drug-likeness (QED) is 0.790. The van der Waals surface area contributed by atoms with Gasteiger partial charge in [0.1, 0.15) is 0 Å². The zero-order valence-corrected chi connectivity index (χ0v) is 13.0. The summed E-state index contributed by atoms with van der Waals surface area (Å²) in [6.07, 6.45) is 2.28. The lowest BCUT2D eigenvalue weighted by Gasteiger charge is -2.07. The van der Waals surface area contributed by atoms with Gasteiger partial charge in [-0.25, -0.2) is 0 Å². The smallest absolute Gasteiger partial charge is 0.228 e. The largest absolute Gasteiger partial charge is 0.326 e. The fraction of sp³-hybridized carbons (Fsp3) is 0.278. The summed E-state index contributed by atoms with van der Waals surface area (Å²) in [5.41, 5.74) is 4.27. The van der Waals surface area contributed by atoms with Gasteiger partial charge in [0.2, 0.25) is 5.91 Å². The maximum absolute atomic E-state index is 12.1. The van der Waals surface area contributed by atoms with E-state index in [-0.39, 0.29) is 5.91 Å². The van der Waals surface area contributed by atoms with Crippen LogP contribution in [-0.2, 0) is 17.6 Å². The number of anilines is 1. The maximum Gasteiger partial charge on any atom is 0.228 e. The van der Waals surface area contributed by atoms with Crippen molar-refractivity contribution in [3.63, 3.8) is 0 Å². The first-order valence-electron chi connectivity index (χ1n) is 7.17. The summed E-state index contributed by atoms with van der Waals surface area (Å²) >= 11 is 5.71. The van der Waals surface area contributed by atoms with Crippen molar-refractivity contribution in [1.82, 2.24) is 0 Å². The standard InChI is InChI=1S/C18H20ClNO/c1-14-7-9-16(10-8-14)13-18(21)20-17-6-2-4-15(12-17)5-3-11-19/h2,4,6-10,12H,3,5,11,13H2,1H3,(H,20,21). The Kier molecular flexibility index (Phi) is 5.82. The zero-order chi connectivity index (χ0) is 15.1. The molecule has 110 valence electrons. The van der Waals surface area contributed by atoms with Gasteiger partial charge >= 0.3 is 0 Å². The van der Waals surface area contributed by atoms with Crippen LogP contribution in [0.3, 0.4) is 0 Å². The average Bonchev–Trinajstić information content (AvgIpc) is 2.48. The van der Waals surface area contributed by atoms with Gasteiger partial charge in [-0.05, 0) is 43.0 Å². The van der Waals surface area contributed by atoms with Crippen LogP contribution in [0, 0.1) is 6.92 Å². The van der Waals surface area contributed by atoms with Gasteiger partial charge < -0.3 is 5.32 Å². The number of aryl methyl sites for hydroxylation is 2. The Labute approximate surface area is 131 Å². The van der Waals surface area contributed by atoms with E-state index in [9.17, 15) is 4.79 Å². The molecule has 0 atom stereocenters. The van der Waals surface area contributed by atoms with E-state index in [4.69, 9.17) is 11.6 Å². The topological polar surface area (TPSA) is 29.1 Å². The molecule has 0 saturated heterocycles. The number of amides is 1. The molecule has 0 heterocycles. The number of benzene rings is 2. The molecule has 0 spiro atoms. The number of rotatable bonds is 6. The van der Waals surface area contributed by atoms with Crippen LogP contribution in [-0.4, -0.2) is 11.8 Å². The molecule has 2 aromatic carbocycles. The van der Waals surface area contributed by atoms with Crippen LogP contribution in [0.5, 0.6) is 0 Å². The van der Waals surface area contributed by atoms with Gasteiger partial charge in [0, 0.05) is 11.6 Å². The minimum Gasteiger partial charge on any atom is -0.326 e. The second kappa shape index (κ2) is 7.84. The van der Waals surface area contributed by atoms with E-state index in [1.165, 1.54) is 11.1 Å². The van der Waals surface area contributed by atoms with Crippen molar-refractivity contribution >= 4 is 23.2 Å². The van der Waals surface area contributed by atoms with Crippen molar-refractivity contribution in [2.75, 3.05) is 11.2 Å². The van der Waals surface area contributed by atoms with Crippen molar-refractivity contribution in [2.24, 2.45) is 0 Å². The van der Waals surface area contributed by atoms with Crippen molar-refractivity contribution in [3.05, 3.63) is 65.2 Å². The van der Waals surface area contributed by atoms with Gasteiger partial charge in [0.15, 0.2) is 0 Å². The second-order valence-electron chi connectivity index (χ2n) is 5.20. The first-order chi connectivity index (χ1) is 10.2. The van der Waals surface area contributed by atoms with E-state index in [0.717, 1.165) is 24.1 Å². The molecule has 0 aliphatic heterocycles. The Morgan fingerprint density at radius 2 is 1.86 bits per heavy atom. The molecule has 0 aliphatic carbocycles. The maximum atomic E-state index is 12.1. The van der Waals surface area contributed by atoms with E-state index < -0.39 is 0 Å². The zero-order valence-electron chi connectivity index (χ0n) is 12.2. The molecule has 0 aromatic heterocycles. The Bertz CT molecular complexity index is 592. The molecule has 0 aliphatic rings. The van der Waals surface area contributed by atoms with Crippen molar-refractivity contribution < 1.29 is 4.79 Å². The molecule has 1 amide bonds. The third-order valence-electron chi connectivity index (χ3n) is 3.30. The number of carbonyl (C=O) groups excluding carboxylic acids is 1. The predicted molar refractivity (Wildman–Crippen MR) is 89.0 cm³/mol. The third kappa shape index (κ3) is 5.24. The molecular weight excluding hydrogens is 282 g/mol. The molecule has 0 bridgehead atoms. The second-order valence-corrected chi connectivity index (χ2v) is 5.58. The van der Waals surface area contributed by atoms with Crippen LogP contribution >= 0.6 is 11.6 Å². The van der Waals surface area contributed by atoms with Gasteiger partial charge in [0.05, 0.1) is 6.42 Å². The lowest BCUT2D eigenvalue weighted by Crippen LogP contribution is -2.14. The van der Waals surface area contributed by atoms with Crippen LogP contribution < -0.4 is 5.32 Å². The molecule has 2 aromatic rings. The Balaban J connectivity index is 1.94. The molecule has 0 saturated carbocycles. The minimum atomic E-state index is 0.00773. The summed E-state index contributed by atoms with van der Waals surface area (Å²) in [6, 6.07) is 16.0. The van der Waals surface area contributed by atoms with Crippen LogP contribution in [0.4, 0.5) is 5.69 Å². The number of alkyl halides is 1. The highest BCUT2D eigenvalue weighted by atomic mass is 35.5.